The Morgan fingerprint density at radius 1 is 1.17 bits per heavy atom. The molecule has 0 bridgehead atoms. The number of hydrogen-bond donors (Lipinski definition) is 0. The van der Waals surface area contributed by atoms with Crippen LogP contribution in [0, 0.1) is 20.8 Å². The van der Waals surface area contributed by atoms with Crippen molar-refractivity contribution in [3.05, 3.63) is 28.8 Å². The Morgan fingerprint density at radius 2 is 1.79 bits per heavy atom. The molecule has 0 aromatic heterocycles. The van der Waals surface area contributed by atoms with Crippen LogP contribution < -0.4 is 4.74 Å². The molecule has 0 radical (unpaired) electrons. The van der Waals surface area contributed by atoms with Crippen LogP contribution >= 0.6 is 0 Å². The van der Waals surface area contributed by atoms with Gasteiger partial charge in [-0.15, -0.1) is 0 Å². The summed E-state index contributed by atoms with van der Waals surface area (Å²) in [7, 11) is -3.12. The highest BCUT2D eigenvalue weighted by Gasteiger charge is 2.36. The van der Waals surface area contributed by atoms with Crippen LogP contribution in [0.5, 0.6) is 5.75 Å². The summed E-state index contributed by atoms with van der Waals surface area (Å²) in [4.78, 5) is 26.3. The van der Waals surface area contributed by atoms with E-state index >= 15 is 0 Å². The Bertz CT molecular complexity index is 841. The number of ether oxygens (including phenoxy) is 2. The van der Waals surface area contributed by atoms with E-state index in [0.717, 1.165) is 16.7 Å². The minimum Gasteiger partial charge on any atom is -0.481 e. The van der Waals surface area contributed by atoms with Crippen molar-refractivity contribution in [2.45, 2.75) is 59.5 Å². The van der Waals surface area contributed by atoms with Crippen LogP contribution in [0.2, 0.25) is 0 Å². The quantitative estimate of drug-likeness (QED) is 0.594. The van der Waals surface area contributed by atoms with Gasteiger partial charge in [0, 0.05) is 12.1 Å². The summed E-state index contributed by atoms with van der Waals surface area (Å²) in [5, 5.41) is 0. The van der Waals surface area contributed by atoms with E-state index in [9.17, 15) is 18.0 Å². The Balaban J connectivity index is 1.93. The maximum Gasteiger partial charge on any atom is 0.344 e. The lowest BCUT2D eigenvalue weighted by Crippen LogP contribution is -2.48. The van der Waals surface area contributed by atoms with E-state index in [1.54, 1.807) is 4.90 Å². The van der Waals surface area contributed by atoms with E-state index in [1.807, 2.05) is 46.8 Å². The first-order chi connectivity index (χ1) is 13.5. The summed E-state index contributed by atoms with van der Waals surface area (Å²) in [6.45, 7) is 8.89. The van der Waals surface area contributed by atoms with Crippen LogP contribution in [0.15, 0.2) is 12.1 Å². The Kier molecular flexibility index (Phi) is 7.68. The van der Waals surface area contributed by atoms with Gasteiger partial charge >= 0.3 is 5.97 Å². The predicted octanol–water partition coefficient (Wildman–Crippen LogP) is 2.35. The second kappa shape index (κ2) is 9.61. The van der Waals surface area contributed by atoms with Crippen molar-refractivity contribution in [3.8, 4) is 5.75 Å². The minimum atomic E-state index is -3.12. The summed E-state index contributed by atoms with van der Waals surface area (Å²) in [6.07, 6.45) is 1.10. The third-order valence-corrected chi connectivity index (χ3v) is 7.00. The van der Waals surface area contributed by atoms with Gasteiger partial charge in [0.15, 0.2) is 23.1 Å². The maximum atomic E-state index is 12.7. The van der Waals surface area contributed by atoms with Crippen molar-refractivity contribution in [2.75, 3.05) is 24.7 Å². The number of amides is 1. The maximum absolute atomic E-state index is 12.7. The number of aryl methyl sites for hydroxylation is 3. The fourth-order valence-corrected chi connectivity index (χ4v) is 5.50. The number of rotatable bonds is 8. The van der Waals surface area contributed by atoms with Crippen molar-refractivity contribution in [1.82, 2.24) is 4.90 Å². The van der Waals surface area contributed by atoms with Gasteiger partial charge in [0.05, 0.1) is 11.5 Å². The molecule has 2 rings (SSSR count). The zero-order valence-electron chi connectivity index (χ0n) is 17.9. The third-order valence-electron chi connectivity index (χ3n) is 5.25. The molecule has 1 saturated heterocycles. The van der Waals surface area contributed by atoms with Crippen molar-refractivity contribution in [3.63, 3.8) is 0 Å². The molecule has 0 saturated carbocycles. The van der Waals surface area contributed by atoms with Crippen molar-refractivity contribution in [2.24, 2.45) is 0 Å². The average molecular weight is 426 g/mol. The van der Waals surface area contributed by atoms with E-state index in [1.165, 1.54) is 0 Å². The monoisotopic (exact) mass is 425 g/mol. The van der Waals surface area contributed by atoms with Crippen molar-refractivity contribution in [1.29, 1.82) is 0 Å². The summed E-state index contributed by atoms with van der Waals surface area (Å²) in [5.74, 6) is -0.331. The lowest BCUT2D eigenvalue weighted by atomic mass is 10.1. The van der Waals surface area contributed by atoms with E-state index in [-0.39, 0.29) is 36.1 Å². The van der Waals surface area contributed by atoms with Crippen LogP contribution in [0.3, 0.4) is 0 Å². The molecular formula is C21H31NO6S. The van der Waals surface area contributed by atoms with Crippen LogP contribution in [-0.4, -0.2) is 62.0 Å². The normalized spacial score (nSPS) is 18.9. The lowest BCUT2D eigenvalue weighted by Gasteiger charge is -2.33. The van der Waals surface area contributed by atoms with E-state index in [4.69, 9.17) is 9.47 Å². The van der Waals surface area contributed by atoms with E-state index in [2.05, 4.69) is 0 Å². The standard InChI is InChI=1S/C21H31NO6S/c1-6-17(5)22(18-7-8-29(25,26)13-18)19(23)11-27-20(24)12-28-21-15(3)9-14(2)10-16(21)4/h9-10,17-18H,6-8,11-13H2,1-5H3/t17-,18-/m1/s1. The molecule has 0 unspecified atom stereocenters. The van der Waals surface area contributed by atoms with Crippen molar-refractivity contribution < 1.29 is 27.5 Å². The fraction of sp³-hybridized carbons (Fsp3) is 0.619. The molecule has 1 aromatic rings. The van der Waals surface area contributed by atoms with Crippen LogP contribution in [0.25, 0.3) is 0 Å². The molecule has 0 aliphatic carbocycles. The second-order valence-corrected chi connectivity index (χ2v) is 10.0. The number of carbonyl (C=O) groups excluding carboxylic acids is 2. The van der Waals surface area contributed by atoms with Crippen molar-refractivity contribution >= 4 is 21.7 Å². The summed E-state index contributed by atoms with van der Waals surface area (Å²) in [6, 6.07) is 3.44. The summed E-state index contributed by atoms with van der Waals surface area (Å²) in [5.41, 5.74) is 2.97. The molecule has 8 heteroatoms. The van der Waals surface area contributed by atoms with Gasteiger partial charge in [0.25, 0.3) is 5.91 Å². The first kappa shape index (κ1) is 23.2. The van der Waals surface area contributed by atoms with Gasteiger partial charge < -0.3 is 14.4 Å². The summed E-state index contributed by atoms with van der Waals surface area (Å²) >= 11 is 0. The minimum absolute atomic E-state index is 0.0356. The first-order valence-electron chi connectivity index (χ1n) is 9.92. The first-order valence-corrected chi connectivity index (χ1v) is 11.7. The van der Waals surface area contributed by atoms with Gasteiger partial charge in [0.2, 0.25) is 0 Å². The Morgan fingerprint density at radius 3 is 2.31 bits per heavy atom. The molecular weight excluding hydrogens is 394 g/mol. The highest BCUT2D eigenvalue weighted by molar-refractivity contribution is 7.91. The third kappa shape index (κ3) is 6.19. The number of carbonyl (C=O) groups is 2. The van der Waals surface area contributed by atoms with E-state index < -0.39 is 22.4 Å². The van der Waals surface area contributed by atoms with Gasteiger partial charge in [-0.25, -0.2) is 13.2 Å². The molecule has 1 amide bonds. The smallest absolute Gasteiger partial charge is 0.344 e. The lowest BCUT2D eigenvalue weighted by molar-refractivity contribution is -0.155. The molecule has 29 heavy (non-hydrogen) atoms. The number of esters is 1. The molecule has 1 aliphatic heterocycles. The van der Waals surface area contributed by atoms with E-state index in [0.29, 0.717) is 18.6 Å². The fourth-order valence-electron chi connectivity index (χ4n) is 3.78. The molecule has 1 heterocycles. The largest absolute Gasteiger partial charge is 0.481 e. The van der Waals surface area contributed by atoms with Crippen LogP contribution in [-0.2, 0) is 24.2 Å². The van der Waals surface area contributed by atoms with Gasteiger partial charge in [0.1, 0.15) is 5.75 Å². The predicted molar refractivity (Wildman–Crippen MR) is 111 cm³/mol. The van der Waals surface area contributed by atoms with Crippen LogP contribution in [0.4, 0.5) is 0 Å². The van der Waals surface area contributed by atoms with Gasteiger partial charge in [-0.3, -0.25) is 4.79 Å². The average Bonchev–Trinajstić information content (AvgIpc) is 2.98. The molecule has 7 nitrogen and oxygen atoms in total. The summed E-state index contributed by atoms with van der Waals surface area (Å²) < 4.78 is 34.3. The molecule has 1 aromatic carbocycles. The topological polar surface area (TPSA) is 90.0 Å². The molecule has 0 spiro atoms. The Labute approximate surface area is 173 Å². The molecule has 0 N–H and O–H groups in total. The zero-order valence-corrected chi connectivity index (χ0v) is 18.7. The highest BCUT2D eigenvalue weighted by Crippen LogP contribution is 2.24. The SMILES string of the molecule is CC[C@@H](C)N(C(=O)COC(=O)COc1c(C)cc(C)cc1C)[C@@H]1CCS(=O)(=O)C1. The van der Waals surface area contributed by atoms with Gasteiger partial charge in [-0.1, -0.05) is 24.6 Å². The molecule has 1 aliphatic rings. The number of sulfone groups is 1. The zero-order chi connectivity index (χ0) is 21.8. The molecule has 2 atom stereocenters. The van der Waals surface area contributed by atoms with Crippen LogP contribution in [0.1, 0.15) is 43.4 Å². The second-order valence-electron chi connectivity index (χ2n) is 7.79. The van der Waals surface area contributed by atoms with Gasteiger partial charge in [-0.05, 0) is 51.7 Å². The highest BCUT2D eigenvalue weighted by atomic mass is 32.2. The number of nitrogens with zero attached hydrogens (tertiary/aromatic N) is 1. The molecule has 162 valence electrons. The molecule has 1 fully saturated rings. The number of hydrogen-bond acceptors (Lipinski definition) is 6. The number of benzene rings is 1. The Hall–Kier alpha value is -2.09. The van der Waals surface area contributed by atoms with Gasteiger partial charge in [-0.2, -0.15) is 0 Å².